The molecule has 1 aliphatic heterocycles. The Balaban J connectivity index is 1.69. The molecular formula is C16H21N3O2. The number of nitrogens with zero attached hydrogens (tertiary/aromatic N) is 3. The fraction of sp³-hybridized carbons (Fsp3) is 0.500. The van der Waals surface area contributed by atoms with Gasteiger partial charge in [0.2, 0.25) is 11.8 Å². The van der Waals surface area contributed by atoms with Crippen LogP contribution in [0.4, 0.5) is 0 Å². The maximum Gasteiger partial charge on any atom is 0.248 e. The number of hydrogen-bond acceptors (Lipinski definition) is 5. The molecule has 1 unspecified atom stereocenters. The van der Waals surface area contributed by atoms with Crippen LogP contribution in [0.1, 0.15) is 24.3 Å². The van der Waals surface area contributed by atoms with Gasteiger partial charge in [-0.15, -0.1) is 10.2 Å². The summed E-state index contributed by atoms with van der Waals surface area (Å²) < 4.78 is 5.80. The first kappa shape index (κ1) is 14.2. The maximum atomic E-state index is 9.28. The van der Waals surface area contributed by atoms with E-state index in [4.69, 9.17) is 4.42 Å². The molecule has 5 heteroatoms. The maximum absolute atomic E-state index is 9.28. The van der Waals surface area contributed by atoms with Crippen molar-refractivity contribution in [1.82, 2.24) is 15.1 Å². The van der Waals surface area contributed by atoms with Gasteiger partial charge in [-0.25, -0.2) is 0 Å². The van der Waals surface area contributed by atoms with Crippen molar-refractivity contribution in [3.63, 3.8) is 0 Å². The van der Waals surface area contributed by atoms with Gasteiger partial charge in [0.15, 0.2) is 0 Å². The first-order chi connectivity index (χ1) is 10.3. The molecule has 1 fully saturated rings. The molecule has 1 saturated heterocycles. The molecule has 0 aliphatic carbocycles. The van der Waals surface area contributed by atoms with Gasteiger partial charge in [0, 0.05) is 18.7 Å². The van der Waals surface area contributed by atoms with E-state index in [-0.39, 0.29) is 6.61 Å². The van der Waals surface area contributed by atoms with Crippen molar-refractivity contribution in [2.75, 3.05) is 19.7 Å². The predicted molar refractivity (Wildman–Crippen MR) is 79.6 cm³/mol. The highest BCUT2D eigenvalue weighted by atomic mass is 16.4. The Morgan fingerprint density at radius 2 is 2.19 bits per heavy atom. The molecule has 3 rings (SSSR count). The molecular weight excluding hydrogens is 266 g/mol. The van der Waals surface area contributed by atoms with Crippen LogP contribution in [0.15, 0.2) is 28.7 Å². The minimum atomic E-state index is 0.259. The quantitative estimate of drug-likeness (QED) is 0.934. The molecule has 0 amide bonds. The first-order valence-corrected chi connectivity index (χ1v) is 7.48. The number of hydrogen-bond donors (Lipinski definition) is 1. The molecule has 112 valence electrons. The molecule has 2 heterocycles. The van der Waals surface area contributed by atoms with Crippen LogP contribution in [-0.2, 0) is 6.54 Å². The zero-order valence-corrected chi connectivity index (χ0v) is 12.3. The summed E-state index contributed by atoms with van der Waals surface area (Å²) in [6, 6.07) is 8.01. The second-order valence-corrected chi connectivity index (χ2v) is 5.74. The highest BCUT2D eigenvalue weighted by molar-refractivity contribution is 5.57. The number of benzene rings is 1. The predicted octanol–water partition coefficient (Wildman–Crippen LogP) is 2.25. The SMILES string of the molecule is Cc1ccccc1-c1nnc(CN2CCCC(CO)C2)o1. The van der Waals surface area contributed by atoms with E-state index in [0.717, 1.165) is 37.1 Å². The smallest absolute Gasteiger partial charge is 0.248 e. The Bertz CT molecular complexity index is 597. The van der Waals surface area contributed by atoms with Crippen LogP contribution in [0.3, 0.4) is 0 Å². The van der Waals surface area contributed by atoms with Gasteiger partial charge in [-0.05, 0) is 43.9 Å². The van der Waals surface area contributed by atoms with Crippen LogP contribution < -0.4 is 0 Å². The van der Waals surface area contributed by atoms with Gasteiger partial charge in [-0.2, -0.15) is 0 Å². The zero-order valence-electron chi connectivity index (χ0n) is 12.3. The van der Waals surface area contributed by atoms with Gasteiger partial charge >= 0.3 is 0 Å². The average Bonchev–Trinajstić information content (AvgIpc) is 2.96. The molecule has 0 radical (unpaired) electrons. The largest absolute Gasteiger partial charge is 0.419 e. The van der Waals surface area contributed by atoms with Crippen LogP contribution in [0.25, 0.3) is 11.5 Å². The molecule has 0 saturated carbocycles. The van der Waals surface area contributed by atoms with Crippen molar-refractivity contribution < 1.29 is 9.52 Å². The number of likely N-dealkylation sites (tertiary alicyclic amines) is 1. The van der Waals surface area contributed by atoms with Crippen molar-refractivity contribution in [3.05, 3.63) is 35.7 Å². The summed E-state index contributed by atoms with van der Waals surface area (Å²) in [6.45, 7) is 4.89. The average molecular weight is 287 g/mol. The second-order valence-electron chi connectivity index (χ2n) is 5.74. The van der Waals surface area contributed by atoms with Gasteiger partial charge in [-0.1, -0.05) is 18.2 Å². The lowest BCUT2D eigenvalue weighted by atomic mass is 9.99. The van der Waals surface area contributed by atoms with E-state index >= 15 is 0 Å². The summed E-state index contributed by atoms with van der Waals surface area (Å²) in [6.07, 6.45) is 2.22. The lowest BCUT2D eigenvalue weighted by Crippen LogP contribution is -2.36. The lowest BCUT2D eigenvalue weighted by Gasteiger charge is -2.30. The van der Waals surface area contributed by atoms with Crippen LogP contribution in [0.5, 0.6) is 0 Å². The second kappa shape index (κ2) is 6.37. The van der Waals surface area contributed by atoms with E-state index in [1.807, 2.05) is 31.2 Å². The number of piperidine rings is 1. The Kier molecular flexibility index (Phi) is 4.31. The zero-order chi connectivity index (χ0) is 14.7. The van der Waals surface area contributed by atoms with E-state index < -0.39 is 0 Å². The minimum Gasteiger partial charge on any atom is -0.419 e. The van der Waals surface area contributed by atoms with Crippen molar-refractivity contribution >= 4 is 0 Å². The monoisotopic (exact) mass is 287 g/mol. The summed E-state index contributed by atoms with van der Waals surface area (Å²) in [5.41, 5.74) is 2.12. The van der Waals surface area contributed by atoms with Crippen LogP contribution >= 0.6 is 0 Å². The summed E-state index contributed by atoms with van der Waals surface area (Å²) in [4.78, 5) is 2.28. The molecule has 1 N–H and O–H groups in total. The fourth-order valence-electron chi connectivity index (χ4n) is 2.87. The van der Waals surface area contributed by atoms with E-state index in [9.17, 15) is 5.11 Å². The summed E-state index contributed by atoms with van der Waals surface area (Å²) in [5, 5.41) is 17.6. The molecule has 2 aromatic rings. The van der Waals surface area contributed by atoms with Gasteiger partial charge < -0.3 is 9.52 Å². The fourth-order valence-corrected chi connectivity index (χ4v) is 2.87. The van der Waals surface area contributed by atoms with Gasteiger partial charge in [0.25, 0.3) is 0 Å². The molecule has 1 aromatic heterocycles. The molecule has 21 heavy (non-hydrogen) atoms. The minimum absolute atomic E-state index is 0.259. The molecule has 0 spiro atoms. The van der Waals surface area contributed by atoms with Crippen LogP contribution in [0.2, 0.25) is 0 Å². The Morgan fingerprint density at radius 1 is 1.33 bits per heavy atom. The number of aromatic nitrogens is 2. The third-order valence-electron chi connectivity index (χ3n) is 4.06. The van der Waals surface area contributed by atoms with Gasteiger partial charge in [-0.3, -0.25) is 4.90 Å². The highest BCUT2D eigenvalue weighted by Gasteiger charge is 2.21. The first-order valence-electron chi connectivity index (χ1n) is 7.48. The topological polar surface area (TPSA) is 62.4 Å². The third kappa shape index (κ3) is 3.31. The lowest BCUT2D eigenvalue weighted by molar-refractivity contribution is 0.109. The van der Waals surface area contributed by atoms with Crippen molar-refractivity contribution in [2.24, 2.45) is 5.92 Å². The van der Waals surface area contributed by atoms with Gasteiger partial charge in [0.1, 0.15) is 0 Å². The van der Waals surface area contributed by atoms with Crippen molar-refractivity contribution in [1.29, 1.82) is 0 Å². The molecule has 5 nitrogen and oxygen atoms in total. The summed E-state index contributed by atoms with van der Waals surface area (Å²) in [7, 11) is 0. The molecule has 0 bridgehead atoms. The normalized spacial score (nSPS) is 19.8. The van der Waals surface area contributed by atoms with E-state index in [0.29, 0.717) is 24.2 Å². The third-order valence-corrected chi connectivity index (χ3v) is 4.06. The number of aliphatic hydroxyl groups is 1. The van der Waals surface area contributed by atoms with Crippen LogP contribution in [-0.4, -0.2) is 39.9 Å². The number of aryl methyl sites for hydroxylation is 1. The Labute approximate surface area is 124 Å². The summed E-state index contributed by atoms with van der Waals surface area (Å²) in [5.74, 6) is 1.60. The Hall–Kier alpha value is -1.72. The molecule has 1 aromatic carbocycles. The molecule has 1 atom stereocenters. The standard InChI is InChI=1S/C16H21N3O2/c1-12-5-2-3-7-14(12)16-18-17-15(21-16)10-19-8-4-6-13(9-19)11-20/h2-3,5,7,13,20H,4,6,8-11H2,1H3. The van der Waals surface area contributed by atoms with E-state index in [1.165, 1.54) is 0 Å². The summed E-state index contributed by atoms with van der Waals surface area (Å²) >= 11 is 0. The van der Waals surface area contributed by atoms with E-state index in [2.05, 4.69) is 15.1 Å². The number of aliphatic hydroxyl groups excluding tert-OH is 1. The molecule has 1 aliphatic rings. The van der Waals surface area contributed by atoms with Crippen LogP contribution in [0, 0.1) is 12.8 Å². The number of rotatable bonds is 4. The van der Waals surface area contributed by atoms with Crippen molar-refractivity contribution in [2.45, 2.75) is 26.3 Å². The van der Waals surface area contributed by atoms with E-state index in [1.54, 1.807) is 0 Å². The van der Waals surface area contributed by atoms with Gasteiger partial charge in [0.05, 0.1) is 6.54 Å². The highest BCUT2D eigenvalue weighted by Crippen LogP contribution is 2.23. The van der Waals surface area contributed by atoms with Crippen molar-refractivity contribution in [3.8, 4) is 11.5 Å². The Morgan fingerprint density at radius 3 is 3.00 bits per heavy atom.